The summed E-state index contributed by atoms with van der Waals surface area (Å²) in [6.45, 7) is 5.83. The third kappa shape index (κ3) is 4.98. The maximum absolute atomic E-state index is 12.2. The number of hydrogen-bond donors (Lipinski definition) is 1. The van der Waals surface area contributed by atoms with E-state index in [-0.39, 0.29) is 11.2 Å². The minimum atomic E-state index is -0.266. The summed E-state index contributed by atoms with van der Waals surface area (Å²) in [6, 6.07) is 7.71. The lowest BCUT2D eigenvalue weighted by atomic mass is 10.2. The van der Waals surface area contributed by atoms with Crippen molar-refractivity contribution < 1.29 is 14.3 Å². The van der Waals surface area contributed by atoms with E-state index in [0.29, 0.717) is 24.9 Å². The van der Waals surface area contributed by atoms with Crippen molar-refractivity contribution in [3.63, 3.8) is 0 Å². The summed E-state index contributed by atoms with van der Waals surface area (Å²) in [6.07, 6.45) is 0.794. The van der Waals surface area contributed by atoms with Gasteiger partial charge in [-0.1, -0.05) is 23.9 Å². The molecular formula is C18H26N4O3S. The van der Waals surface area contributed by atoms with Gasteiger partial charge in [0.1, 0.15) is 5.75 Å². The van der Waals surface area contributed by atoms with E-state index in [9.17, 15) is 4.79 Å². The zero-order valence-electron chi connectivity index (χ0n) is 15.7. The van der Waals surface area contributed by atoms with Gasteiger partial charge in [0.15, 0.2) is 11.0 Å². The van der Waals surface area contributed by atoms with Crippen LogP contribution < -0.4 is 10.1 Å². The predicted molar refractivity (Wildman–Crippen MR) is 103 cm³/mol. The first-order valence-electron chi connectivity index (χ1n) is 8.62. The van der Waals surface area contributed by atoms with Gasteiger partial charge < -0.3 is 19.4 Å². The van der Waals surface area contributed by atoms with Crippen molar-refractivity contribution in [2.45, 2.75) is 37.2 Å². The van der Waals surface area contributed by atoms with Gasteiger partial charge in [0, 0.05) is 26.8 Å². The number of hydrogen-bond acceptors (Lipinski definition) is 6. The number of ether oxygens (including phenoxy) is 2. The lowest BCUT2D eigenvalue weighted by molar-refractivity contribution is -0.120. The molecule has 0 aliphatic heterocycles. The summed E-state index contributed by atoms with van der Waals surface area (Å²) in [5.41, 5.74) is 0.882. The molecule has 2 rings (SSSR count). The molecule has 1 aromatic carbocycles. The number of benzene rings is 1. The quantitative estimate of drug-likeness (QED) is 0.506. The zero-order chi connectivity index (χ0) is 18.9. The molecule has 1 N–H and O–H groups in total. The van der Waals surface area contributed by atoms with Crippen molar-refractivity contribution in [1.82, 2.24) is 20.1 Å². The minimum Gasteiger partial charge on any atom is -0.496 e. The predicted octanol–water partition coefficient (Wildman–Crippen LogP) is 2.61. The molecule has 1 atom stereocenters. The highest BCUT2D eigenvalue weighted by molar-refractivity contribution is 8.00. The number of rotatable bonds is 10. The van der Waals surface area contributed by atoms with E-state index in [0.717, 1.165) is 23.6 Å². The Morgan fingerprint density at radius 3 is 2.77 bits per heavy atom. The van der Waals surface area contributed by atoms with Crippen LogP contribution in [0.1, 0.15) is 20.3 Å². The van der Waals surface area contributed by atoms with E-state index in [1.807, 2.05) is 42.7 Å². The topological polar surface area (TPSA) is 78.3 Å². The van der Waals surface area contributed by atoms with E-state index >= 15 is 0 Å². The lowest BCUT2D eigenvalue weighted by Crippen LogP contribution is -2.32. The van der Waals surface area contributed by atoms with Crippen LogP contribution >= 0.6 is 11.8 Å². The van der Waals surface area contributed by atoms with E-state index < -0.39 is 0 Å². The molecule has 1 amide bonds. The van der Waals surface area contributed by atoms with Crippen LogP contribution in [0.3, 0.4) is 0 Å². The lowest BCUT2D eigenvalue weighted by Gasteiger charge is -2.13. The molecule has 142 valence electrons. The Labute approximate surface area is 158 Å². The van der Waals surface area contributed by atoms with Crippen LogP contribution in [-0.4, -0.2) is 53.3 Å². The first-order chi connectivity index (χ1) is 12.6. The molecule has 0 bridgehead atoms. The third-order valence-corrected chi connectivity index (χ3v) is 4.94. The number of para-hydroxylation sites is 1. The average molecular weight is 378 g/mol. The number of nitrogens with zero attached hydrogens (tertiary/aromatic N) is 3. The van der Waals surface area contributed by atoms with E-state index in [4.69, 9.17) is 9.47 Å². The van der Waals surface area contributed by atoms with Gasteiger partial charge in [0.2, 0.25) is 5.91 Å². The van der Waals surface area contributed by atoms with E-state index in [1.54, 1.807) is 14.2 Å². The highest BCUT2D eigenvalue weighted by Gasteiger charge is 2.21. The van der Waals surface area contributed by atoms with Crippen LogP contribution in [0, 0.1) is 0 Å². The number of carbonyl (C=O) groups is 1. The number of amides is 1. The first-order valence-corrected chi connectivity index (χ1v) is 9.50. The minimum absolute atomic E-state index is 0.0180. The summed E-state index contributed by atoms with van der Waals surface area (Å²) in [5.74, 6) is 1.46. The van der Waals surface area contributed by atoms with Gasteiger partial charge in [-0.15, -0.1) is 10.2 Å². The second kappa shape index (κ2) is 10.2. The molecule has 2 aromatic rings. The molecule has 26 heavy (non-hydrogen) atoms. The highest BCUT2D eigenvalue weighted by atomic mass is 32.2. The van der Waals surface area contributed by atoms with E-state index in [1.165, 1.54) is 11.8 Å². The van der Waals surface area contributed by atoms with Crippen molar-refractivity contribution in [3.05, 3.63) is 24.3 Å². The van der Waals surface area contributed by atoms with Crippen LogP contribution in [0.2, 0.25) is 0 Å². The molecule has 0 radical (unpaired) electrons. The van der Waals surface area contributed by atoms with Gasteiger partial charge in [0.05, 0.1) is 17.9 Å². The molecule has 7 nitrogen and oxygen atoms in total. The SMILES string of the molecule is CCn1c(SC(C)C(=O)NCCCOC)nnc1-c1ccccc1OC. The van der Waals surface area contributed by atoms with Gasteiger partial charge in [-0.05, 0) is 32.4 Å². The highest BCUT2D eigenvalue weighted by Crippen LogP contribution is 2.31. The maximum atomic E-state index is 12.2. The van der Waals surface area contributed by atoms with Crippen molar-refractivity contribution in [1.29, 1.82) is 0 Å². The Kier molecular flexibility index (Phi) is 7.93. The second-order valence-electron chi connectivity index (χ2n) is 5.65. The number of thioether (sulfide) groups is 1. The molecule has 0 fully saturated rings. The van der Waals surface area contributed by atoms with Crippen LogP contribution in [-0.2, 0) is 16.1 Å². The number of methoxy groups -OCH3 is 2. The van der Waals surface area contributed by atoms with Gasteiger partial charge in [-0.3, -0.25) is 4.79 Å². The van der Waals surface area contributed by atoms with Crippen LogP contribution in [0.4, 0.5) is 0 Å². The van der Waals surface area contributed by atoms with Crippen molar-refractivity contribution in [2.24, 2.45) is 0 Å². The molecule has 0 saturated heterocycles. The molecule has 1 unspecified atom stereocenters. The summed E-state index contributed by atoms with van der Waals surface area (Å²) < 4.78 is 12.4. The Morgan fingerprint density at radius 2 is 2.08 bits per heavy atom. The van der Waals surface area contributed by atoms with Gasteiger partial charge in [-0.25, -0.2) is 0 Å². The molecular weight excluding hydrogens is 352 g/mol. The second-order valence-corrected chi connectivity index (χ2v) is 6.96. The summed E-state index contributed by atoms with van der Waals surface area (Å²) in [5, 5.41) is 12.0. The Morgan fingerprint density at radius 1 is 1.31 bits per heavy atom. The first kappa shape index (κ1) is 20.3. The molecule has 0 spiro atoms. The number of nitrogens with one attached hydrogen (secondary N) is 1. The molecule has 0 saturated carbocycles. The molecule has 1 aromatic heterocycles. The Hall–Kier alpha value is -2.06. The van der Waals surface area contributed by atoms with E-state index in [2.05, 4.69) is 15.5 Å². The monoisotopic (exact) mass is 378 g/mol. The van der Waals surface area contributed by atoms with Crippen LogP contribution in [0.15, 0.2) is 29.4 Å². The number of carbonyl (C=O) groups excluding carboxylic acids is 1. The van der Waals surface area contributed by atoms with Crippen molar-refractivity contribution in [2.75, 3.05) is 27.4 Å². The van der Waals surface area contributed by atoms with Gasteiger partial charge in [-0.2, -0.15) is 0 Å². The fraction of sp³-hybridized carbons (Fsp3) is 0.500. The summed E-state index contributed by atoms with van der Waals surface area (Å²) in [7, 11) is 3.29. The van der Waals surface area contributed by atoms with Crippen LogP contribution in [0.25, 0.3) is 11.4 Å². The Bertz CT molecular complexity index is 720. The van der Waals surface area contributed by atoms with Gasteiger partial charge >= 0.3 is 0 Å². The van der Waals surface area contributed by atoms with Gasteiger partial charge in [0.25, 0.3) is 0 Å². The average Bonchev–Trinajstić information content (AvgIpc) is 3.07. The largest absolute Gasteiger partial charge is 0.496 e. The fourth-order valence-electron chi connectivity index (χ4n) is 2.47. The standard InChI is InChI=1S/C18H26N4O3S/c1-5-22-16(14-9-6-7-10-15(14)25-4)20-21-18(22)26-13(2)17(23)19-11-8-12-24-3/h6-7,9-10,13H,5,8,11-12H2,1-4H3,(H,19,23). The maximum Gasteiger partial charge on any atom is 0.233 e. The Balaban J connectivity index is 2.11. The van der Waals surface area contributed by atoms with Crippen molar-refractivity contribution in [3.8, 4) is 17.1 Å². The molecule has 1 heterocycles. The third-order valence-electron chi connectivity index (χ3n) is 3.86. The molecule has 8 heteroatoms. The summed E-state index contributed by atoms with van der Waals surface area (Å²) >= 11 is 1.40. The van der Waals surface area contributed by atoms with Crippen LogP contribution in [0.5, 0.6) is 5.75 Å². The summed E-state index contributed by atoms with van der Waals surface area (Å²) in [4.78, 5) is 12.2. The molecule has 0 aliphatic rings. The normalized spacial score (nSPS) is 12.0. The van der Waals surface area contributed by atoms with Crippen molar-refractivity contribution >= 4 is 17.7 Å². The fourth-order valence-corrected chi connectivity index (χ4v) is 3.41. The smallest absolute Gasteiger partial charge is 0.233 e. The zero-order valence-corrected chi connectivity index (χ0v) is 16.5. The number of aromatic nitrogens is 3. The molecule has 0 aliphatic carbocycles.